The number of hydrogen-bond donors (Lipinski definition) is 4. The van der Waals surface area contributed by atoms with Crippen molar-refractivity contribution < 1.29 is 38.5 Å². The molecule has 6 bridgehead atoms. The first-order valence-corrected chi connectivity index (χ1v) is 27.8. The van der Waals surface area contributed by atoms with Gasteiger partial charge in [0.05, 0.1) is 24.1 Å². The highest BCUT2D eigenvalue weighted by molar-refractivity contribution is 5.97. The molecule has 6 heterocycles. The monoisotopic (exact) mass is 1060 g/mol. The Labute approximate surface area is 458 Å². The summed E-state index contributed by atoms with van der Waals surface area (Å²) in [6.45, 7) is 15.3. The lowest BCUT2D eigenvalue weighted by Crippen LogP contribution is -2.62. The molecule has 0 saturated carbocycles. The van der Waals surface area contributed by atoms with Crippen molar-refractivity contribution in [1.82, 2.24) is 35.5 Å². The second-order valence-electron chi connectivity index (χ2n) is 22.9. The summed E-state index contributed by atoms with van der Waals surface area (Å²) in [6.07, 6.45) is 3.92. The number of pyridine rings is 1. The van der Waals surface area contributed by atoms with Gasteiger partial charge in [0.1, 0.15) is 30.0 Å². The van der Waals surface area contributed by atoms with Crippen LogP contribution in [0.15, 0.2) is 97.2 Å². The van der Waals surface area contributed by atoms with Gasteiger partial charge in [-0.15, -0.1) is 0 Å². The summed E-state index contributed by atoms with van der Waals surface area (Å²) >= 11 is 0. The number of nitrogens with zero attached hydrogens (tertiary/aromatic N) is 4. The van der Waals surface area contributed by atoms with Gasteiger partial charge in [-0.1, -0.05) is 88.4 Å². The van der Waals surface area contributed by atoms with Gasteiger partial charge in [-0.2, -0.15) is 0 Å². The van der Waals surface area contributed by atoms with Gasteiger partial charge in [0.2, 0.25) is 5.91 Å². The summed E-state index contributed by atoms with van der Waals surface area (Å²) in [7, 11) is 3.32. The van der Waals surface area contributed by atoms with E-state index in [0.717, 1.165) is 80.7 Å². The Balaban J connectivity index is 1.06. The van der Waals surface area contributed by atoms with Crippen LogP contribution in [-0.2, 0) is 65.7 Å². The minimum atomic E-state index is -1.17. The average molecular weight is 1060 g/mol. The minimum Gasteiger partial charge on any atom is -0.508 e. The van der Waals surface area contributed by atoms with E-state index in [1.54, 1.807) is 26.3 Å². The molecule has 2 fully saturated rings. The van der Waals surface area contributed by atoms with Crippen molar-refractivity contribution in [3.05, 3.63) is 131 Å². The molecule has 0 radical (unpaired) electrons. The van der Waals surface area contributed by atoms with Crippen LogP contribution in [-0.4, -0.2) is 113 Å². The van der Waals surface area contributed by atoms with Crippen LogP contribution in [0.5, 0.6) is 5.75 Å². The van der Waals surface area contributed by atoms with Crippen molar-refractivity contribution in [1.29, 1.82) is 0 Å². The van der Waals surface area contributed by atoms with E-state index in [1.165, 1.54) is 21.0 Å². The Hall–Kier alpha value is -6.91. The van der Waals surface area contributed by atoms with Gasteiger partial charge in [0, 0.05) is 86.4 Å². The van der Waals surface area contributed by atoms with Crippen molar-refractivity contribution in [2.75, 3.05) is 40.5 Å². The van der Waals surface area contributed by atoms with Gasteiger partial charge >= 0.3 is 5.97 Å². The summed E-state index contributed by atoms with van der Waals surface area (Å²) in [5, 5.41) is 20.5. The maximum atomic E-state index is 15.0. The van der Waals surface area contributed by atoms with E-state index < -0.39 is 47.4 Å². The molecular formula is C63H75N7O8. The maximum Gasteiger partial charge on any atom is 0.324 e. The molecule has 15 nitrogen and oxygen atoms in total. The minimum absolute atomic E-state index is 0.00365. The number of nitrogens with one attached hydrogen (secondary N) is 3. The second kappa shape index (κ2) is 22.8. The number of carbonyl (C=O) groups is 4. The molecule has 4 aliphatic rings. The van der Waals surface area contributed by atoms with Gasteiger partial charge in [-0.05, 0) is 133 Å². The summed E-state index contributed by atoms with van der Waals surface area (Å²) in [5.74, 6) is -2.29. The van der Waals surface area contributed by atoms with Crippen molar-refractivity contribution >= 4 is 34.6 Å². The number of fused-ring (bicyclic) bond motifs is 7. The molecule has 78 heavy (non-hydrogen) atoms. The summed E-state index contributed by atoms with van der Waals surface area (Å²) < 4.78 is 20.7. The van der Waals surface area contributed by atoms with E-state index in [1.807, 2.05) is 63.4 Å². The van der Waals surface area contributed by atoms with Gasteiger partial charge in [-0.3, -0.25) is 29.2 Å². The predicted molar refractivity (Wildman–Crippen MR) is 301 cm³/mol. The van der Waals surface area contributed by atoms with Crippen LogP contribution in [0.25, 0.3) is 44.4 Å². The fraction of sp³-hybridized carbons (Fsp3) is 0.444. The quantitative estimate of drug-likeness (QED) is 0.0913. The van der Waals surface area contributed by atoms with Crippen molar-refractivity contribution in [3.63, 3.8) is 0 Å². The third-order valence-electron chi connectivity index (χ3n) is 16.4. The van der Waals surface area contributed by atoms with Crippen LogP contribution >= 0.6 is 0 Å². The number of aromatic hydroxyl groups is 1. The van der Waals surface area contributed by atoms with E-state index in [9.17, 15) is 24.3 Å². The second-order valence-corrected chi connectivity index (χ2v) is 22.9. The zero-order valence-corrected chi connectivity index (χ0v) is 46.4. The number of aryl methyl sites for hydroxylation is 1. The van der Waals surface area contributed by atoms with Gasteiger partial charge < -0.3 is 39.4 Å². The lowest BCUT2D eigenvalue weighted by molar-refractivity contribution is -0.155. The third kappa shape index (κ3) is 11.1. The van der Waals surface area contributed by atoms with Crippen LogP contribution in [0.1, 0.15) is 106 Å². The van der Waals surface area contributed by atoms with Gasteiger partial charge in [0.25, 0.3) is 11.8 Å². The number of esters is 1. The number of likely N-dealkylation sites (N-methyl/N-ethyl adjacent to an activating group) is 1. The molecule has 4 aliphatic heterocycles. The first-order valence-electron chi connectivity index (χ1n) is 27.8. The Bertz CT molecular complexity index is 3220. The summed E-state index contributed by atoms with van der Waals surface area (Å²) in [4.78, 5) is 65.0. The molecule has 15 heteroatoms. The van der Waals surface area contributed by atoms with Crippen molar-refractivity contribution in [3.8, 4) is 39.3 Å². The number of carbonyl (C=O) groups excluding carboxylic acids is 4. The number of ether oxygens (including phenoxy) is 3. The maximum absolute atomic E-state index is 15.0. The number of hydrazine groups is 1. The third-order valence-corrected chi connectivity index (χ3v) is 16.4. The molecule has 0 unspecified atom stereocenters. The highest BCUT2D eigenvalue weighted by Gasteiger charge is 2.42. The molecular weight excluding hydrogens is 983 g/mol. The number of phenols is 1. The topological polar surface area (TPSA) is 177 Å². The number of amides is 3. The molecule has 0 aliphatic carbocycles. The number of rotatable bonds is 11. The van der Waals surface area contributed by atoms with Crippen LogP contribution in [0.2, 0.25) is 0 Å². The van der Waals surface area contributed by atoms with E-state index in [2.05, 4.69) is 83.9 Å². The molecule has 6 aromatic rings. The van der Waals surface area contributed by atoms with Crippen molar-refractivity contribution in [2.45, 2.75) is 129 Å². The Morgan fingerprint density at radius 2 is 1.73 bits per heavy atom. The van der Waals surface area contributed by atoms with Crippen LogP contribution < -0.4 is 16.1 Å². The van der Waals surface area contributed by atoms with Gasteiger partial charge in [0.15, 0.2) is 0 Å². The van der Waals surface area contributed by atoms with Crippen molar-refractivity contribution in [2.24, 2.45) is 11.3 Å². The van der Waals surface area contributed by atoms with Crippen LogP contribution in [0.3, 0.4) is 0 Å². The molecule has 6 atom stereocenters. The number of methoxy groups -OCH3 is 1. The van der Waals surface area contributed by atoms with Crippen LogP contribution in [0, 0.1) is 11.3 Å². The number of phenolic OH excluding ortho intramolecular Hbond substituents is 1. The van der Waals surface area contributed by atoms with E-state index in [-0.39, 0.29) is 49.2 Å². The first-order chi connectivity index (χ1) is 37.5. The number of benzene rings is 4. The normalized spacial score (nSPS) is 21.4. The summed E-state index contributed by atoms with van der Waals surface area (Å²) in [5.41, 5.74) is 15.3. The Morgan fingerprint density at radius 3 is 2.50 bits per heavy atom. The first kappa shape index (κ1) is 54.4. The van der Waals surface area contributed by atoms with E-state index >= 15 is 0 Å². The average Bonchev–Trinajstić information content (AvgIpc) is 4.27. The lowest BCUT2D eigenvalue weighted by atomic mass is 9.83. The Morgan fingerprint density at radius 1 is 0.949 bits per heavy atom. The molecule has 0 spiro atoms. The summed E-state index contributed by atoms with van der Waals surface area (Å²) in [6, 6.07) is 27.4. The Kier molecular flexibility index (Phi) is 15.9. The zero-order chi connectivity index (χ0) is 55.0. The highest BCUT2D eigenvalue weighted by Crippen LogP contribution is 2.44. The fourth-order valence-corrected chi connectivity index (χ4v) is 12.3. The SMILES string of the molecule is CCn1c(-c2cc(-c3ccc4c(c3)CCNC4)cnc2[C@H](C)OC)c2c3cc(ccc31)-c1cc(O)cc(c1)C[C@H](NC(=O)[C@H](C(C)C)N(C)C(=O)[C@@H]1OCC[C@@H]1c1ccccc1)C(=O)N1CCC[C@H](N1)C(=O)OCC(C)(C)C2. The number of aromatic nitrogens is 2. The molecule has 4 aromatic carbocycles. The molecule has 2 saturated heterocycles. The van der Waals surface area contributed by atoms with Gasteiger partial charge in [-0.25, -0.2) is 5.43 Å². The highest BCUT2D eigenvalue weighted by atomic mass is 16.5. The lowest BCUT2D eigenvalue weighted by Gasteiger charge is -2.37. The van der Waals surface area contributed by atoms with E-state index in [4.69, 9.17) is 19.2 Å². The largest absolute Gasteiger partial charge is 0.508 e. The molecule has 3 amide bonds. The predicted octanol–water partition coefficient (Wildman–Crippen LogP) is 8.82. The zero-order valence-electron chi connectivity index (χ0n) is 46.4. The van der Waals surface area contributed by atoms with E-state index in [0.29, 0.717) is 44.4 Å². The van der Waals surface area contributed by atoms with Crippen LogP contribution in [0.4, 0.5) is 0 Å². The molecule has 4 N–H and O–H groups in total. The molecule has 410 valence electrons. The standard InChI is InChI=1S/C63H75N7O8/c1-9-69-54-20-19-42-31-49(54)51(57(69)50-32-46(35-65-55(50)38(4)76-8)41-17-18-44-34-64-23-21-43(44)29-41)33-63(5,6)36-78-62(75)52-16-13-24-70(67-52)60(73)53(28-39-26-45(42)30-47(71)27-39)66-59(72)56(37(2)3)68(7)61(74)58-48(22-25-77-58)40-14-11-10-12-15-40/h10-12,14-15,17-20,26-27,29-32,35,37-38,48,52-53,56,58,64,67,71H,9,13,16,21-25,28,33-34,36H2,1-8H3,(H,66,72)/t38-,48+,52-,53-,56-,58+/m0/s1. The smallest absolute Gasteiger partial charge is 0.324 e. The number of cyclic esters (lactones) is 1. The number of hydrogen-bond acceptors (Lipinski definition) is 11. The fourth-order valence-electron chi connectivity index (χ4n) is 12.3. The molecule has 10 rings (SSSR count). The molecule has 2 aromatic heterocycles.